The Kier molecular flexibility index (Phi) is 9.35. The van der Waals surface area contributed by atoms with E-state index in [2.05, 4.69) is 13.8 Å². The van der Waals surface area contributed by atoms with Gasteiger partial charge in [-0.05, 0) is 62.0 Å². The van der Waals surface area contributed by atoms with E-state index in [9.17, 15) is 24.6 Å². The molecule has 188 valence electrons. The van der Waals surface area contributed by atoms with Gasteiger partial charge in [-0.3, -0.25) is 14.4 Å². The van der Waals surface area contributed by atoms with Gasteiger partial charge in [0.15, 0.2) is 6.29 Å². The largest absolute Gasteiger partial charge is 0.507 e. The maximum absolute atomic E-state index is 12.4. The Morgan fingerprint density at radius 3 is 2.53 bits per heavy atom. The van der Waals surface area contributed by atoms with Crippen LogP contribution in [0, 0.1) is 24.2 Å². The number of ketones is 1. The number of phenols is 2. The van der Waals surface area contributed by atoms with Crippen LogP contribution in [0.15, 0.2) is 11.6 Å². The average Bonchev–Trinajstić information content (AvgIpc) is 2.81. The Labute approximate surface area is 207 Å². The summed E-state index contributed by atoms with van der Waals surface area (Å²) in [4.78, 5) is 36.0. The van der Waals surface area contributed by atoms with Crippen LogP contribution in [0.1, 0.15) is 88.2 Å². The van der Waals surface area contributed by atoms with Crippen molar-refractivity contribution in [3.05, 3.63) is 33.4 Å². The summed E-state index contributed by atoms with van der Waals surface area (Å²) in [7, 11) is 0. The number of benzene rings is 1. The zero-order valence-corrected chi connectivity index (χ0v) is 21.8. The highest BCUT2D eigenvalue weighted by atomic mass is 35.5. The third-order valence-electron chi connectivity index (χ3n) is 7.95. The Bertz CT molecular complexity index is 982. The van der Waals surface area contributed by atoms with E-state index in [1.807, 2.05) is 13.8 Å². The molecule has 0 saturated heterocycles. The third kappa shape index (κ3) is 5.65. The van der Waals surface area contributed by atoms with E-state index in [0.717, 1.165) is 18.4 Å². The molecule has 0 aliphatic heterocycles. The Morgan fingerprint density at radius 1 is 1.29 bits per heavy atom. The molecule has 2 rings (SSSR count). The van der Waals surface area contributed by atoms with Crippen molar-refractivity contribution in [2.75, 3.05) is 0 Å². The summed E-state index contributed by atoms with van der Waals surface area (Å²) in [6.07, 6.45) is 4.86. The predicted molar refractivity (Wildman–Crippen MR) is 132 cm³/mol. The van der Waals surface area contributed by atoms with Crippen molar-refractivity contribution in [2.24, 2.45) is 17.3 Å². The summed E-state index contributed by atoms with van der Waals surface area (Å²) in [6.45, 7) is 11.4. The lowest BCUT2D eigenvalue weighted by atomic mass is 9.59. The number of phenolic OH excluding ortho intramolecular Hbond substituents is 2. The minimum atomic E-state index is -0.503. The number of rotatable bonds is 9. The van der Waals surface area contributed by atoms with Crippen molar-refractivity contribution >= 4 is 29.6 Å². The van der Waals surface area contributed by atoms with E-state index in [-0.39, 0.29) is 63.6 Å². The number of allylic oxidation sites excluding steroid dienone is 1. The van der Waals surface area contributed by atoms with E-state index >= 15 is 0 Å². The molecule has 1 saturated carbocycles. The van der Waals surface area contributed by atoms with Gasteiger partial charge in [0.25, 0.3) is 0 Å². The summed E-state index contributed by atoms with van der Waals surface area (Å²) in [5.41, 5.74) is 1.06. The van der Waals surface area contributed by atoms with Crippen LogP contribution < -0.4 is 0 Å². The van der Waals surface area contributed by atoms with Gasteiger partial charge in [0.2, 0.25) is 0 Å². The van der Waals surface area contributed by atoms with Gasteiger partial charge in [0.1, 0.15) is 23.4 Å². The molecule has 1 aromatic carbocycles. The lowest BCUT2D eigenvalue weighted by molar-refractivity contribution is -0.148. The van der Waals surface area contributed by atoms with Crippen LogP contribution in [-0.2, 0) is 20.7 Å². The lowest BCUT2D eigenvalue weighted by Crippen LogP contribution is -2.42. The van der Waals surface area contributed by atoms with Crippen LogP contribution in [0.4, 0.5) is 0 Å². The molecule has 7 heteroatoms. The molecule has 34 heavy (non-hydrogen) atoms. The quantitative estimate of drug-likeness (QED) is 0.245. The van der Waals surface area contributed by atoms with Gasteiger partial charge in [-0.25, -0.2) is 0 Å². The fraction of sp³-hybridized carbons (Fsp3) is 0.593. The van der Waals surface area contributed by atoms with E-state index in [0.29, 0.717) is 30.6 Å². The number of Topliss-reactive ketones (excluding diaryl/α,β-unsaturated/α-hetero) is 1. The van der Waals surface area contributed by atoms with E-state index in [1.165, 1.54) is 0 Å². The van der Waals surface area contributed by atoms with Gasteiger partial charge >= 0.3 is 5.97 Å². The van der Waals surface area contributed by atoms with Crippen molar-refractivity contribution in [1.29, 1.82) is 0 Å². The Morgan fingerprint density at radius 2 is 1.94 bits per heavy atom. The zero-order chi connectivity index (χ0) is 25.8. The molecule has 1 aliphatic carbocycles. The first-order valence-corrected chi connectivity index (χ1v) is 12.3. The molecule has 1 aromatic rings. The van der Waals surface area contributed by atoms with Gasteiger partial charge in [0, 0.05) is 24.3 Å². The number of aldehydes is 1. The van der Waals surface area contributed by atoms with Crippen LogP contribution in [-0.4, -0.2) is 34.4 Å². The summed E-state index contributed by atoms with van der Waals surface area (Å²) in [6, 6.07) is 0. The first-order valence-electron chi connectivity index (χ1n) is 12.0. The molecule has 1 fully saturated rings. The molecule has 0 heterocycles. The number of carbonyl (C=O) groups excluding carboxylic acids is 3. The molecule has 0 radical (unpaired) electrons. The van der Waals surface area contributed by atoms with Gasteiger partial charge in [-0.2, -0.15) is 0 Å². The first-order chi connectivity index (χ1) is 15.9. The van der Waals surface area contributed by atoms with Crippen LogP contribution >= 0.6 is 11.6 Å². The van der Waals surface area contributed by atoms with Gasteiger partial charge in [-0.1, -0.05) is 45.4 Å². The number of aromatic hydroxyl groups is 2. The topological polar surface area (TPSA) is 101 Å². The minimum Gasteiger partial charge on any atom is -0.507 e. The smallest absolute Gasteiger partial charge is 0.306 e. The van der Waals surface area contributed by atoms with Crippen LogP contribution in [0.2, 0.25) is 5.02 Å². The highest BCUT2D eigenvalue weighted by Crippen LogP contribution is 2.47. The zero-order valence-electron chi connectivity index (χ0n) is 21.0. The molecule has 4 atom stereocenters. The number of carbonyl (C=O) groups is 3. The van der Waals surface area contributed by atoms with Crippen molar-refractivity contribution in [1.82, 2.24) is 0 Å². The maximum atomic E-state index is 12.4. The second kappa shape index (κ2) is 11.4. The number of halogens is 1. The molecule has 0 amide bonds. The molecular weight excluding hydrogens is 456 g/mol. The maximum Gasteiger partial charge on any atom is 0.306 e. The monoisotopic (exact) mass is 492 g/mol. The number of hydrogen-bond donors (Lipinski definition) is 2. The second-order valence-corrected chi connectivity index (χ2v) is 10.2. The van der Waals surface area contributed by atoms with Gasteiger partial charge in [-0.15, -0.1) is 0 Å². The minimum absolute atomic E-state index is 0.0211. The fourth-order valence-electron chi connectivity index (χ4n) is 4.84. The van der Waals surface area contributed by atoms with Crippen LogP contribution in [0.25, 0.3) is 0 Å². The summed E-state index contributed by atoms with van der Waals surface area (Å²) in [5.74, 6) is -0.314. The van der Waals surface area contributed by atoms with Crippen molar-refractivity contribution in [3.63, 3.8) is 0 Å². The van der Waals surface area contributed by atoms with Crippen molar-refractivity contribution in [2.45, 2.75) is 86.2 Å². The highest BCUT2D eigenvalue weighted by molar-refractivity contribution is 6.33. The highest BCUT2D eigenvalue weighted by Gasteiger charge is 2.43. The summed E-state index contributed by atoms with van der Waals surface area (Å²) < 4.78 is 5.73. The fourth-order valence-corrected chi connectivity index (χ4v) is 5.05. The lowest BCUT2D eigenvalue weighted by Gasteiger charge is -2.44. The molecule has 6 nitrogen and oxygen atoms in total. The number of ether oxygens (including phenoxy) is 1. The predicted octanol–water partition coefficient (Wildman–Crippen LogP) is 6.10. The number of hydrogen-bond acceptors (Lipinski definition) is 6. The molecule has 1 unspecified atom stereocenters. The summed E-state index contributed by atoms with van der Waals surface area (Å²) in [5, 5.41) is 21.0. The second-order valence-electron chi connectivity index (χ2n) is 9.80. The standard InChI is InChI=1S/C27H37ClO6/c1-7-23(31)34-22(12-13-27(6)16(3)9-11-21(30)18(27)5)15(2)8-10-19-25(32)20(14-29)17(4)24(28)26(19)33/h8,14,16,18,22,32-33H,7,9-13H2,1-6H3/b15-8+/t16-,18+,22?,27-/m1/s1. The van der Waals surface area contributed by atoms with Crippen molar-refractivity contribution in [3.8, 4) is 11.5 Å². The van der Waals surface area contributed by atoms with Crippen molar-refractivity contribution < 1.29 is 29.3 Å². The summed E-state index contributed by atoms with van der Waals surface area (Å²) >= 11 is 6.16. The van der Waals surface area contributed by atoms with E-state index < -0.39 is 6.10 Å². The molecule has 1 aliphatic rings. The first kappa shape index (κ1) is 27.9. The molecule has 2 N–H and O–H groups in total. The van der Waals surface area contributed by atoms with Crippen LogP contribution in [0.5, 0.6) is 11.5 Å². The number of esters is 1. The SMILES string of the molecule is CCC(=O)OC(CC[C@]1(C)[C@H](C)CCC(=O)[C@@H]1C)/C(C)=C/Cc1c(O)c(Cl)c(C)c(C=O)c1O. The van der Waals surface area contributed by atoms with Gasteiger partial charge in [0.05, 0.1) is 10.6 Å². The molecule has 0 bridgehead atoms. The Hall–Kier alpha value is -2.34. The molecule has 0 spiro atoms. The Balaban J connectivity index is 2.31. The van der Waals surface area contributed by atoms with E-state index in [1.54, 1.807) is 19.9 Å². The van der Waals surface area contributed by atoms with Gasteiger partial charge < -0.3 is 14.9 Å². The normalized spacial score (nSPS) is 24.1. The third-order valence-corrected chi connectivity index (χ3v) is 8.41. The van der Waals surface area contributed by atoms with E-state index in [4.69, 9.17) is 16.3 Å². The molecule has 0 aromatic heterocycles. The average molecular weight is 493 g/mol. The van der Waals surface area contributed by atoms with Crippen LogP contribution in [0.3, 0.4) is 0 Å². The molecular formula is C27H37ClO6.